The molecule has 0 saturated carbocycles. The second-order valence-electron chi connectivity index (χ2n) is 22.9. The summed E-state index contributed by atoms with van der Waals surface area (Å²) in [4.78, 5) is 16.7. The van der Waals surface area contributed by atoms with E-state index in [4.69, 9.17) is 55.9 Å². The number of para-hydroxylation sites is 4. The maximum atomic E-state index is 9.75. The maximum absolute atomic E-state index is 9.75. The van der Waals surface area contributed by atoms with Crippen molar-refractivity contribution in [1.29, 1.82) is 0 Å². The van der Waals surface area contributed by atoms with Crippen molar-refractivity contribution in [3.63, 3.8) is 0 Å². The van der Waals surface area contributed by atoms with Gasteiger partial charge in [-0.05, 0) is 172 Å². The summed E-state index contributed by atoms with van der Waals surface area (Å²) in [5.41, 5.74) is 1.83. The van der Waals surface area contributed by atoms with E-state index in [-0.39, 0.29) is 44.8 Å². The van der Waals surface area contributed by atoms with Gasteiger partial charge in [-0.3, -0.25) is 0 Å². The molecule has 0 radical (unpaired) electrons. The first kappa shape index (κ1) is 90.8. The number of alkyl halides is 4. The van der Waals surface area contributed by atoms with E-state index in [0.29, 0.717) is 11.6 Å². The van der Waals surface area contributed by atoms with Gasteiger partial charge in [0.05, 0.1) is 10.7 Å². The Morgan fingerprint density at radius 3 is 0.555 bits per heavy atom. The Balaban J connectivity index is 0.000000248. The van der Waals surface area contributed by atoms with E-state index in [1.54, 1.807) is 12.4 Å². The summed E-state index contributed by atoms with van der Waals surface area (Å²) in [6, 6.07) is 125. The Morgan fingerprint density at radius 1 is 0.255 bits per heavy atom. The van der Waals surface area contributed by atoms with Crippen molar-refractivity contribution in [2.24, 2.45) is 0 Å². The molecule has 0 atom stereocenters. The zero-order valence-corrected chi connectivity index (χ0v) is 67.9. The van der Waals surface area contributed by atoms with E-state index in [9.17, 15) is 34.5 Å². The number of aryl methyl sites for hydroxylation is 2. The van der Waals surface area contributed by atoms with Gasteiger partial charge in [-0.25, -0.2) is 19.9 Å². The molecule has 26 heteroatoms. The van der Waals surface area contributed by atoms with Crippen LogP contribution in [-0.4, -0.2) is 45.1 Å². The number of halogens is 12. The standard InChI is InChI=1S/2C36H28OP2.C10H10N4.2CH2Cl2.2BF4.2Cu/c2*1-5-17-29(18-6-1)38(30-19-7-2-8-20-30)35-27-15-13-25-33(35)37-34-26-14-16-28-36(34)39(31-21-9-3-10-22-31)32-23-11-4-12-24-32;1-7-3-5-11-9(13-7)10-12-6-4-8(2)14-10;2*2-1-3;2*2-1(3,4)5;;/h2*1-28H;3-6H,1-2H3;2*1H2;;;;/q;;;;;2*-1;2*+1/p+4. The summed E-state index contributed by atoms with van der Waals surface area (Å²) in [5.74, 6) is 4.86. The van der Waals surface area contributed by atoms with E-state index < -0.39 is 46.2 Å². The molecule has 0 bridgehead atoms. The number of nitrogens with zero attached hydrogens (tertiary/aromatic N) is 4. The molecule has 0 amide bonds. The minimum absolute atomic E-state index is 0. The van der Waals surface area contributed by atoms with E-state index in [2.05, 4.69) is 360 Å². The predicted octanol–water partition coefficient (Wildman–Crippen LogP) is 19.9. The fourth-order valence-corrected chi connectivity index (χ4v) is 21.8. The molecule has 2 aromatic heterocycles. The van der Waals surface area contributed by atoms with Crippen LogP contribution in [0, 0.1) is 13.8 Å². The van der Waals surface area contributed by atoms with E-state index in [1.807, 2.05) is 26.0 Å². The van der Waals surface area contributed by atoms with Gasteiger partial charge in [-0.2, -0.15) is 0 Å². The minimum Gasteiger partial charge on any atom is -0.449 e. The maximum Gasteiger partial charge on any atom is 1.00 e. The third-order valence-corrected chi connectivity index (χ3v) is 26.4. The Labute approximate surface area is 683 Å². The van der Waals surface area contributed by atoms with Crippen LogP contribution in [0.3, 0.4) is 0 Å². The van der Waals surface area contributed by atoms with Crippen molar-refractivity contribution in [3.8, 4) is 34.6 Å². The SMILES string of the molecule is Cc1ccnc(-c2nccc(C)n2)n1.ClCCl.ClCCl.F[B-](F)(F)F.F[B-](F)(F)F.[Cu+].[Cu+].c1ccc([PH+](c2ccccc2)c2ccccc2Oc2ccccc2[PH+](c2ccccc2)c2ccccc2)cc1.c1ccc([PH+](c2ccccc2)c2ccccc2Oc2ccccc2[PH+](c2ccccc2)c2ccccc2)cc1. The molecule has 0 N–H and O–H groups in total. The van der Waals surface area contributed by atoms with E-state index in [0.717, 1.165) is 34.4 Å². The molecular formula is C84H74B2Cl4Cu2F8N4O2P4+4. The van der Waals surface area contributed by atoms with Gasteiger partial charge in [0, 0.05) is 23.8 Å². The van der Waals surface area contributed by atoms with E-state index >= 15 is 0 Å². The summed E-state index contributed by atoms with van der Waals surface area (Å²) in [7, 11) is -17.1. The van der Waals surface area contributed by atoms with Crippen molar-refractivity contribution in [2.75, 3.05) is 10.7 Å². The average molecular weight is 1740 g/mol. The first-order valence-electron chi connectivity index (χ1n) is 33.6. The first-order valence-corrected chi connectivity index (χ1v) is 41.7. The second kappa shape index (κ2) is 48.6. The van der Waals surface area contributed by atoms with E-state index in [1.165, 1.54) is 63.7 Å². The Morgan fingerprint density at radius 2 is 0.400 bits per heavy atom. The van der Waals surface area contributed by atoms with Gasteiger partial charge in [-0.15, -0.1) is 46.4 Å². The normalized spacial score (nSPS) is 10.5. The predicted molar refractivity (Wildman–Crippen MR) is 452 cm³/mol. The van der Waals surface area contributed by atoms with Gasteiger partial charge in [0.15, 0.2) is 34.6 Å². The fraction of sp³-hybridized carbons (Fsp3) is 0.0476. The van der Waals surface area contributed by atoms with Crippen LogP contribution in [0.15, 0.2) is 364 Å². The van der Waals surface area contributed by atoms with Crippen LogP contribution < -0.4 is 73.1 Å². The molecule has 570 valence electrons. The molecule has 0 unspecified atom stereocenters. The molecule has 0 aliphatic heterocycles. The number of rotatable bonds is 17. The van der Waals surface area contributed by atoms with Crippen LogP contribution in [0.4, 0.5) is 34.5 Å². The van der Waals surface area contributed by atoms with Crippen LogP contribution in [0.5, 0.6) is 23.0 Å². The molecule has 0 aliphatic carbocycles. The van der Waals surface area contributed by atoms with Crippen LogP contribution in [0.2, 0.25) is 0 Å². The molecule has 14 aromatic rings. The third-order valence-electron chi connectivity index (χ3n) is 15.4. The summed E-state index contributed by atoms with van der Waals surface area (Å²) in [5, 5.41) is 16.2. The average Bonchev–Trinajstić information content (AvgIpc) is 0.791. The van der Waals surface area contributed by atoms with Gasteiger partial charge in [0.25, 0.3) is 0 Å². The van der Waals surface area contributed by atoms with Crippen LogP contribution in [0.1, 0.15) is 11.4 Å². The molecule has 14 rings (SSSR count). The minimum atomic E-state index is -6.00. The zero-order chi connectivity index (χ0) is 76.9. The number of aromatic nitrogens is 4. The fourth-order valence-electron chi connectivity index (χ4n) is 11.1. The number of benzene rings is 12. The Hall–Kier alpha value is -8.11. The molecule has 0 aliphatic rings. The largest absolute Gasteiger partial charge is 1.00 e. The number of hydrogen-bond donors (Lipinski definition) is 0. The quantitative estimate of drug-likeness (QED) is 0.0392. The van der Waals surface area contributed by atoms with Crippen LogP contribution >= 0.6 is 78.1 Å². The van der Waals surface area contributed by atoms with Crippen molar-refractivity contribution in [2.45, 2.75) is 13.8 Å². The molecule has 0 fully saturated rings. The van der Waals surface area contributed by atoms with Crippen molar-refractivity contribution in [3.05, 3.63) is 376 Å². The smallest absolute Gasteiger partial charge is 0.449 e. The van der Waals surface area contributed by atoms with Gasteiger partial charge < -0.3 is 44.0 Å². The summed E-state index contributed by atoms with van der Waals surface area (Å²) in [6.45, 7) is 3.84. The van der Waals surface area contributed by atoms with Crippen molar-refractivity contribution < 1.29 is 78.1 Å². The molecule has 110 heavy (non-hydrogen) atoms. The topological polar surface area (TPSA) is 70.0 Å². The summed E-state index contributed by atoms with van der Waals surface area (Å²) >= 11 is 19.1. The van der Waals surface area contributed by atoms with Gasteiger partial charge in [0.2, 0.25) is 0 Å². The van der Waals surface area contributed by atoms with Crippen molar-refractivity contribution >= 4 is 156 Å². The van der Waals surface area contributed by atoms with Gasteiger partial charge in [-0.1, -0.05) is 194 Å². The molecule has 0 spiro atoms. The van der Waals surface area contributed by atoms with Crippen LogP contribution in [-0.2, 0) is 34.1 Å². The Bertz CT molecular complexity index is 4180. The van der Waals surface area contributed by atoms with Crippen molar-refractivity contribution in [1.82, 2.24) is 19.9 Å². The third kappa shape index (κ3) is 30.2. The summed E-state index contributed by atoms with van der Waals surface area (Å²) in [6.07, 6.45) is 3.42. The summed E-state index contributed by atoms with van der Waals surface area (Å²) < 4.78 is 91.9. The monoisotopic (exact) mass is 1730 g/mol. The van der Waals surface area contributed by atoms with Crippen LogP contribution in [0.25, 0.3) is 11.6 Å². The van der Waals surface area contributed by atoms with Gasteiger partial charge in [0.1, 0.15) is 95.3 Å². The molecule has 0 saturated heterocycles. The number of hydrogen-bond acceptors (Lipinski definition) is 6. The number of ether oxygens (including phenoxy) is 2. The first-order chi connectivity index (χ1) is 52.3. The Kier molecular flexibility index (Phi) is 40.1. The molecular weight excluding hydrogens is 1660 g/mol. The van der Waals surface area contributed by atoms with Gasteiger partial charge >= 0.3 is 48.6 Å². The molecule has 12 aromatic carbocycles. The molecule has 2 heterocycles. The zero-order valence-electron chi connectivity index (χ0n) is 59.0. The molecule has 6 nitrogen and oxygen atoms in total. The second-order valence-corrected chi connectivity index (χ2v) is 34.2.